The quantitative estimate of drug-likeness (QED) is 0.470. The molecule has 184 valence electrons. The third-order valence-electron chi connectivity index (χ3n) is 6.10. The Kier molecular flexibility index (Phi) is 7.74. The molecule has 0 bridgehead atoms. The first kappa shape index (κ1) is 25.2. The molecule has 1 aliphatic rings. The molecular weight excluding hydrogens is 489 g/mol. The molecule has 0 spiro atoms. The second kappa shape index (κ2) is 10.8. The van der Waals surface area contributed by atoms with E-state index in [1.165, 1.54) is 10.4 Å². The summed E-state index contributed by atoms with van der Waals surface area (Å²) in [4.78, 5) is 16.9. The summed E-state index contributed by atoms with van der Waals surface area (Å²) in [5.41, 5.74) is 2.05. The fraction of sp³-hybridized carbons (Fsp3) is 0.269. The van der Waals surface area contributed by atoms with Gasteiger partial charge in [-0.1, -0.05) is 59.6 Å². The minimum absolute atomic E-state index is 0.0309. The number of rotatable bonds is 7. The van der Waals surface area contributed by atoms with Crippen LogP contribution >= 0.6 is 11.6 Å². The van der Waals surface area contributed by atoms with Crippen molar-refractivity contribution in [1.82, 2.24) is 9.21 Å². The smallest absolute Gasteiger partial charge is 0.243 e. The maximum atomic E-state index is 14.2. The number of sulfonamides is 1. The van der Waals surface area contributed by atoms with Crippen LogP contribution in [0, 0.1) is 12.7 Å². The van der Waals surface area contributed by atoms with E-state index in [2.05, 4.69) is 0 Å². The molecular formula is C26H27ClFN3O3S. The summed E-state index contributed by atoms with van der Waals surface area (Å²) < 4.78 is 42.4. The third kappa shape index (κ3) is 5.83. The fourth-order valence-corrected chi connectivity index (χ4v) is 5.62. The zero-order chi connectivity index (χ0) is 25.0. The monoisotopic (exact) mass is 515 g/mol. The molecule has 1 fully saturated rings. The Morgan fingerprint density at radius 2 is 1.57 bits per heavy atom. The summed E-state index contributed by atoms with van der Waals surface area (Å²) in [6, 6.07) is 20.1. The number of halogens is 2. The van der Waals surface area contributed by atoms with Gasteiger partial charge in [-0.25, -0.2) is 12.8 Å². The lowest BCUT2D eigenvalue weighted by Crippen LogP contribution is -2.52. The maximum absolute atomic E-state index is 14.2. The summed E-state index contributed by atoms with van der Waals surface area (Å²) in [6.07, 6.45) is 0. The lowest BCUT2D eigenvalue weighted by molar-refractivity contribution is -0.131. The number of amides is 1. The number of carbonyl (C=O) groups excluding carboxylic acids is 1. The molecule has 6 nitrogen and oxygen atoms in total. The molecule has 35 heavy (non-hydrogen) atoms. The lowest BCUT2D eigenvalue weighted by atomic mass is 10.2. The molecule has 0 aromatic heterocycles. The Morgan fingerprint density at radius 3 is 2.23 bits per heavy atom. The highest BCUT2D eigenvalue weighted by Gasteiger charge is 2.30. The maximum Gasteiger partial charge on any atom is 0.243 e. The van der Waals surface area contributed by atoms with Gasteiger partial charge < -0.3 is 9.80 Å². The van der Waals surface area contributed by atoms with Crippen LogP contribution in [0.5, 0.6) is 0 Å². The molecule has 0 atom stereocenters. The Morgan fingerprint density at radius 1 is 0.943 bits per heavy atom. The number of hydrogen-bond acceptors (Lipinski definition) is 4. The van der Waals surface area contributed by atoms with Crippen LogP contribution in [0.2, 0.25) is 5.02 Å². The molecule has 0 aliphatic carbocycles. The van der Waals surface area contributed by atoms with Gasteiger partial charge in [0.2, 0.25) is 15.9 Å². The van der Waals surface area contributed by atoms with E-state index in [9.17, 15) is 17.6 Å². The Balaban J connectivity index is 1.52. The molecule has 3 aromatic rings. The van der Waals surface area contributed by atoms with Gasteiger partial charge in [0.25, 0.3) is 0 Å². The average Bonchev–Trinajstić information content (AvgIpc) is 2.85. The number of benzene rings is 3. The SMILES string of the molecule is Cc1ccc(S(=O)(=O)N(CC(=O)N2CCN(c3ccccc3F)CC2)Cc2ccccc2Cl)cc1. The van der Waals surface area contributed by atoms with Gasteiger partial charge in [0.15, 0.2) is 0 Å². The predicted molar refractivity (Wildman–Crippen MR) is 135 cm³/mol. The van der Waals surface area contributed by atoms with Crippen LogP contribution in [-0.2, 0) is 21.4 Å². The number of anilines is 1. The van der Waals surface area contributed by atoms with Gasteiger partial charge in [-0.05, 0) is 42.8 Å². The minimum atomic E-state index is -3.96. The standard InChI is InChI=1S/C26H27ClFN3O3S/c1-20-10-12-22(13-11-20)35(33,34)31(18-21-6-2-3-7-23(21)27)19-26(32)30-16-14-29(15-17-30)25-9-5-4-8-24(25)28/h2-13H,14-19H2,1H3. The van der Waals surface area contributed by atoms with E-state index >= 15 is 0 Å². The van der Waals surface area contributed by atoms with Crippen LogP contribution in [0.3, 0.4) is 0 Å². The molecule has 0 N–H and O–H groups in total. The van der Waals surface area contributed by atoms with E-state index < -0.39 is 10.0 Å². The van der Waals surface area contributed by atoms with Crippen LogP contribution in [0.25, 0.3) is 0 Å². The third-order valence-corrected chi connectivity index (χ3v) is 8.28. The van der Waals surface area contributed by atoms with Crippen LogP contribution in [0.15, 0.2) is 77.7 Å². The van der Waals surface area contributed by atoms with Gasteiger partial charge in [-0.2, -0.15) is 4.31 Å². The van der Waals surface area contributed by atoms with Crippen molar-refractivity contribution in [2.24, 2.45) is 0 Å². The van der Waals surface area contributed by atoms with Crippen LogP contribution < -0.4 is 4.90 Å². The number of piperazine rings is 1. The molecule has 1 aliphatic heterocycles. The molecule has 9 heteroatoms. The summed E-state index contributed by atoms with van der Waals surface area (Å²) in [6.45, 7) is 3.19. The van der Waals surface area contributed by atoms with Gasteiger partial charge in [-0.15, -0.1) is 0 Å². The van der Waals surface area contributed by atoms with E-state index in [-0.39, 0.29) is 29.7 Å². The molecule has 4 rings (SSSR count). The first-order valence-electron chi connectivity index (χ1n) is 11.3. The molecule has 1 heterocycles. The molecule has 0 radical (unpaired) electrons. The molecule has 0 unspecified atom stereocenters. The van der Waals surface area contributed by atoms with Crippen LogP contribution in [-0.4, -0.2) is 56.3 Å². The Labute approximate surface area is 210 Å². The Hall–Kier alpha value is -2.94. The topological polar surface area (TPSA) is 60.9 Å². The molecule has 1 saturated heterocycles. The highest BCUT2D eigenvalue weighted by atomic mass is 35.5. The van der Waals surface area contributed by atoms with Gasteiger partial charge in [0.05, 0.1) is 17.1 Å². The van der Waals surface area contributed by atoms with Gasteiger partial charge in [0.1, 0.15) is 5.82 Å². The number of para-hydroxylation sites is 1. The number of hydrogen-bond donors (Lipinski definition) is 0. The average molecular weight is 516 g/mol. The van der Waals surface area contributed by atoms with Gasteiger partial charge in [-0.3, -0.25) is 4.79 Å². The normalized spacial score (nSPS) is 14.4. The summed E-state index contributed by atoms with van der Waals surface area (Å²) in [5, 5.41) is 0.433. The van der Waals surface area contributed by atoms with Crippen molar-refractivity contribution < 1.29 is 17.6 Å². The van der Waals surface area contributed by atoms with Crippen LogP contribution in [0.1, 0.15) is 11.1 Å². The first-order valence-corrected chi connectivity index (χ1v) is 13.1. The highest BCUT2D eigenvalue weighted by molar-refractivity contribution is 7.89. The predicted octanol–water partition coefficient (Wildman–Crippen LogP) is 4.33. The summed E-state index contributed by atoms with van der Waals surface area (Å²) in [7, 11) is -3.96. The van der Waals surface area contributed by atoms with Crippen molar-refractivity contribution in [2.45, 2.75) is 18.4 Å². The van der Waals surface area contributed by atoms with Crippen molar-refractivity contribution in [3.63, 3.8) is 0 Å². The van der Waals surface area contributed by atoms with Crippen molar-refractivity contribution in [1.29, 1.82) is 0 Å². The minimum Gasteiger partial charge on any atom is -0.366 e. The van der Waals surface area contributed by atoms with Gasteiger partial charge in [0, 0.05) is 37.7 Å². The highest BCUT2D eigenvalue weighted by Crippen LogP contribution is 2.24. The van der Waals surface area contributed by atoms with Crippen molar-refractivity contribution >= 4 is 33.2 Å². The Bertz CT molecular complexity index is 1290. The van der Waals surface area contributed by atoms with Crippen LogP contribution in [0.4, 0.5) is 10.1 Å². The number of aryl methyl sites for hydroxylation is 1. The van der Waals surface area contributed by atoms with E-state index in [4.69, 9.17) is 11.6 Å². The van der Waals surface area contributed by atoms with E-state index in [1.807, 2.05) is 11.8 Å². The van der Waals surface area contributed by atoms with Gasteiger partial charge >= 0.3 is 0 Å². The largest absolute Gasteiger partial charge is 0.366 e. The van der Waals surface area contributed by atoms with E-state index in [1.54, 1.807) is 71.6 Å². The van der Waals surface area contributed by atoms with Crippen molar-refractivity contribution in [3.8, 4) is 0 Å². The first-order chi connectivity index (χ1) is 16.8. The zero-order valence-corrected chi connectivity index (χ0v) is 21.0. The van der Waals surface area contributed by atoms with E-state index in [0.717, 1.165) is 5.56 Å². The van der Waals surface area contributed by atoms with Crippen molar-refractivity contribution in [2.75, 3.05) is 37.6 Å². The lowest BCUT2D eigenvalue weighted by Gasteiger charge is -2.37. The molecule has 0 saturated carbocycles. The summed E-state index contributed by atoms with van der Waals surface area (Å²) in [5.74, 6) is -0.608. The molecule has 3 aromatic carbocycles. The van der Waals surface area contributed by atoms with E-state index in [0.29, 0.717) is 42.5 Å². The number of carbonyl (C=O) groups is 1. The summed E-state index contributed by atoms with van der Waals surface area (Å²) >= 11 is 6.30. The fourth-order valence-electron chi connectivity index (χ4n) is 4.06. The van der Waals surface area contributed by atoms with Crippen molar-refractivity contribution in [3.05, 3.63) is 94.8 Å². The second-order valence-corrected chi connectivity index (χ2v) is 10.8. The second-order valence-electron chi connectivity index (χ2n) is 8.50. The zero-order valence-electron chi connectivity index (χ0n) is 19.4. The molecule has 1 amide bonds. The number of nitrogens with zero attached hydrogens (tertiary/aromatic N) is 3.